The first kappa shape index (κ1) is 16.9. The van der Waals surface area contributed by atoms with Gasteiger partial charge in [0.2, 0.25) is 5.91 Å². The molecule has 0 aromatic heterocycles. The lowest BCUT2D eigenvalue weighted by molar-refractivity contribution is -0.113. The molecule has 120 valence electrons. The first-order valence-corrected chi connectivity index (χ1v) is 7.58. The predicted molar refractivity (Wildman–Crippen MR) is 91.6 cm³/mol. The Morgan fingerprint density at radius 3 is 2.52 bits per heavy atom. The van der Waals surface area contributed by atoms with Gasteiger partial charge in [-0.3, -0.25) is 4.79 Å². The average molecular weight is 332 g/mol. The maximum atomic E-state index is 10.8. The SMILES string of the molecule is CCOc1cc(/C=C/C(N)=O)ccc1OCc1ccc(Cl)cc1. The van der Waals surface area contributed by atoms with Crippen LogP contribution in [0.15, 0.2) is 48.5 Å². The quantitative estimate of drug-likeness (QED) is 0.785. The van der Waals surface area contributed by atoms with Crippen LogP contribution in [-0.2, 0) is 11.4 Å². The summed E-state index contributed by atoms with van der Waals surface area (Å²) in [6, 6.07) is 12.9. The van der Waals surface area contributed by atoms with Crippen molar-refractivity contribution in [2.75, 3.05) is 6.61 Å². The topological polar surface area (TPSA) is 61.5 Å². The van der Waals surface area contributed by atoms with Crippen LogP contribution in [0.5, 0.6) is 11.5 Å². The van der Waals surface area contributed by atoms with E-state index in [1.54, 1.807) is 12.1 Å². The van der Waals surface area contributed by atoms with Gasteiger partial charge in [0, 0.05) is 11.1 Å². The predicted octanol–water partition coefficient (Wildman–Crippen LogP) is 3.82. The van der Waals surface area contributed by atoms with E-state index in [-0.39, 0.29) is 0 Å². The average Bonchev–Trinajstić information content (AvgIpc) is 2.54. The molecule has 0 heterocycles. The molecule has 0 spiro atoms. The smallest absolute Gasteiger partial charge is 0.241 e. The van der Waals surface area contributed by atoms with Gasteiger partial charge in [0.25, 0.3) is 0 Å². The van der Waals surface area contributed by atoms with Crippen LogP contribution < -0.4 is 15.2 Å². The summed E-state index contributed by atoms with van der Waals surface area (Å²) in [5, 5.41) is 0.689. The number of halogens is 1. The maximum absolute atomic E-state index is 10.8. The molecule has 0 radical (unpaired) electrons. The van der Waals surface area contributed by atoms with E-state index >= 15 is 0 Å². The first-order chi connectivity index (χ1) is 11.1. The molecule has 0 aliphatic carbocycles. The summed E-state index contributed by atoms with van der Waals surface area (Å²) in [7, 11) is 0. The van der Waals surface area contributed by atoms with Gasteiger partial charge in [0.1, 0.15) is 6.61 Å². The Balaban J connectivity index is 2.13. The van der Waals surface area contributed by atoms with Crippen molar-refractivity contribution in [2.45, 2.75) is 13.5 Å². The monoisotopic (exact) mass is 331 g/mol. The van der Waals surface area contributed by atoms with Crippen LogP contribution >= 0.6 is 11.6 Å². The van der Waals surface area contributed by atoms with E-state index in [0.717, 1.165) is 11.1 Å². The molecule has 2 N–H and O–H groups in total. The lowest BCUT2D eigenvalue weighted by Gasteiger charge is -2.12. The van der Waals surface area contributed by atoms with Crippen molar-refractivity contribution in [1.82, 2.24) is 0 Å². The molecule has 0 bridgehead atoms. The minimum absolute atomic E-state index is 0.410. The molecule has 1 amide bonds. The number of hydrogen-bond donors (Lipinski definition) is 1. The third kappa shape index (κ3) is 5.34. The van der Waals surface area contributed by atoms with Crippen molar-refractivity contribution in [3.8, 4) is 11.5 Å². The molecule has 2 rings (SSSR count). The van der Waals surface area contributed by atoms with Crippen molar-refractivity contribution in [2.24, 2.45) is 5.73 Å². The molecular formula is C18H18ClNO3. The number of benzene rings is 2. The number of amides is 1. The van der Waals surface area contributed by atoms with E-state index in [1.807, 2.05) is 43.3 Å². The lowest BCUT2D eigenvalue weighted by Crippen LogP contribution is -2.05. The van der Waals surface area contributed by atoms with Gasteiger partial charge in [0.15, 0.2) is 11.5 Å². The second-order valence-electron chi connectivity index (χ2n) is 4.79. The molecular weight excluding hydrogens is 314 g/mol. The number of hydrogen-bond acceptors (Lipinski definition) is 3. The molecule has 2 aromatic carbocycles. The Morgan fingerprint density at radius 1 is 1.13 bits per heavy atom. The van der Waals surface area contributed by atoms with E-state index in [9.17, 15) is 4.79 Å². The molecule has 0 fully saturated rings. The summed E-state index contributed by atoms with van der Waals surface area (Å²) in [6.07, 6.45) is 2.94. The number of primary amides is 1. The number of ether oxygens (including phenoxy) is 2. The Hall–Kier alpha value is -2.46. The van der Waals surface area contributed by atoms with Gasteiger partial charge in [-0.1, -0.05) is 29.8 Å². The molecule has 0 saturated heterocycles. The molecule has 23 heavy (non-hydrogen) atoms. The van der Waals surface area contributed by atoms with Crippen LogP contribution in [0, 0.1) is 0 Å². The second-order valence-corrected chi connectivity index (χ2v) is 5.23. The zero-order valence-electron chi connectivity index (χ0n) is 12.8. The highest BCUT2D eigenvalue weighted by Crippen LogP contribution is 2.29. The zero-order valence-corrected chi connectivity index (χ0v) is 13.5. The molecule has 2 aromatic rings. The van der Waals surface area contributed by atoms with Crippen molar-refractivity contribution < 1.29 is 14.3 Å². The summed E-state index contributed by atoms with van der Waals surface area (Å²) in [6.45, 7) is 2.82. The summed E-state index contributed by atoms with van der Waals surface area (Å²) in [4.78, 5) is 10.8. The second kappa shape index (κ2) is 8.25. The largest absolute Gasteiger partial charge is 0.490 e. The maximum Gasteiger partial charge on any atom is 0.241 e. The normalized spacial score (nSPS) is 10.7. The summed E-state index contributed by atoms with van der Waals surface area (Å²) < 4.78 is 11.4. The third-order valence-corrected chi connectivity index (χ3v) is 3.27. The number of nitrogens with two attached hydrogens (primary N) is 1. The van der Waals surface area contributed by atoms with Crippen LogP contribution in [0.1, 0.15) is 18.1 Å². The van der Waals surface area contributed by atoms with Gasteiger partial charge < -0.3 is 15.2 Å². The molecule has 0 aliphatic rings. The fourth-order valence-electron chi connectivity index (χ4n) is 1.94. The Morgan fingerprint density at radius 2 is 1.87 bits per heavy atom. The molecule has 0 atom stereocenters. The molecule has 4 nitrogen and oxygen atoms in total. The van der Waals surface area contributed by atoms with Crippen molar-refractivity contribution in [3.63, 3.8) is 0 Å². The van der Waals surface area contributed by atoms with Gasteiger partial charge in [-0.2, -0.15) is 0 Å². The molecule has 5 heteroatoms. The van der Waals surface area contributed by atoms with Gasteiger partial charge >= 0.3 is 0 Å². The standard InChI is InChI=1S/C18H18ClNO3/c1-2-22-17-11-13(6-10-18(20)21)5-9-16(17)23-12-14-3-7-15(19)8-4-14/h3-11H,2,12H2,1H3,(H2,20,21)/b10-6+. The van der Waals surface area contributed by atoms with Gasteiger partial charge in [-0.25, -0.2) is 0 Å². The van der Waals surface area contributed by atoms with E-state index in [4.69, 9.17) is 26.8 Å². The minimum atomic E-state index is -0.494. The van der Waals surface area contributed by atoms with E-state index in [0.29, 0.717) is 29.7 Å². The molecule has 0 saturated carbocycles. The highest BCUT2D eigenvalue weighted by Gasteiger charge is 2.06. The summed E-state index contributed by atoms with van der Waals surface area (Å²) in [5.41, 5.74) is 6.92. The first-order valence-electron chi connectivity index (χ1n) is 7.20. The van der Waals surface area contributed by atoms with Crippen molar-refractivity contribution >= 4 is 23.6 Å². The van der Waals surface area contributed by atoms with Crippen LogP contribution in [0.2, 0.25) is 5.02 Å². The van der Waals surface area contributed by atoms with Gasteiger partial charge in [-0.15, -0.1) is 0 Å². The highest BCUT2D eigenvalue weighted by molar-refractivity contribution is 6.30. The van der Waals surface area contributed by atoms with Crippen LogP contribution in [0.4, 0.5) is 0 Å². The zero-order chi connectivity index (χ0) is 16.7. The van der Waals surface area contributed by atoms with Crippen molar-refractivity contribution in [3.05, 3.63) is 64.7 Å². The van der Waals surface area contributed by atoms with Crippen LogP contribution in [0.3, 0.4) is 0 Å². The molecule has 0 unspecified atom stereocenters. The Bertz CT molecular complexity index is 696. The highest BCUT2D eigenvalue weighted by atomic mass is 35.5. The fraction of sp³-hybridized carbons (Fsp3) is 0.167. The third-order valence-electron chi connectivity index (χ3n) is 3.02. The summed E-state index contributed by atoms with van der Waals surface area (Å²) >= 11 is 5.86. The number of carbonyl (C=O) groups is 1. The fourth-order valence-corrected chi connectivity index (χ4v) is 2.06. The van der Waals surface area contributed by atoms with Crippen molar-refractivity contribution in [1.29, 1.82) is 0 Å². The van der Waals surface area contributed by atoms with E-state index in [2.05, 4.69) is 0 Å². The van der Waals surface area contributed by atoms with Gasteiger partial charge in [-0.05, 0) is 48.4 Å². The van der Waals surface area contributed by atoms with Gasteiger partial charge in [0.05, 0.1) is 6.61 Å². The molecule has 0 aliphatic heterocycles. The van der Waals surface area contributed by atoms with E-state index < -0.39 is 5.91 Å². The number of carbonyl (C=O) groups excluding carboxylic acids is 1. The minimum Gasteiger partial charge on any atom is -0.490 e. The lowest BCUT2D eigenvalue weighted by atomic mass is 10.2. The van der Waals surface area contributed by atoms with Crippen LogP contribution in [-0.4, -0.2) is 12.5 Å². The Labute approximate surface area is 140 Å². The number of rotatable bonds is 7. The summed E-state index contributed by atoms with van der Waals surface area (Å²) in [5.74, 6) is 0.761. The van der Waals surface area contributed by atoms with E-state index in [1.165, 1.54) is 6.08 Å². The Kier molecular flexibility index (Phi) is 6.06. The van der Waals surface area contributed by atoms with Crippen LogP contribution in [0.25, 0.3) is 6.08 Å².